The summed E-state index contributed by atoms with van der Waals surface area (Å²) < 4.78 is 33.6. The molecule has 0 fully saturated rings. The smallest absolute Gasteiger partial charge is 0.383 e. The van der Waals surface area contributed by atoms with Gasteiger partial charge in [-0.2, -0.15) is 13.1 Å². The molecule has 0 aliphatic heterocycles. The molecule has 1 rings (SSSR count). The number of benzene rings is 1. The van der Waals surface area contributed by atoms with E-state index in [2.05, 4.69) is 13.6 Å². The molecular formula is C10H13NO5S. The lowest BCUT2D eigenvalue weighted by atomic mass is 10.2. The van der Waals surface area contributed by atoms with Gasteiger partial charge in [-0.15, -0.1) is 0 Å². The zero-order valence-corrected chi connectivity index (χ0v) is 10.1. The molecule has 0 saturated heterocycles. The second kappa shape index (κ2) is 6.33. The van der Waals surface area contributed by atoms with E-state index >= 15 is 0 Å². The van der Waals surface area contributed by atoms with Crippen LogP contribution in [0.5, 0.6) is 0 Å². The molecule has 1 aromatic carbocycles. The van der Waals surface area contributed by atoms with Gasteiger partial charge in [0.25, 0.3) is 0 Å². The van der Waals surface area contributed by atoms with Crippen LogP contribution in [0, 0.1) is 0 Å². The molecule has 17 heavy (non-hydrogen) atoms. The summed E-state index contributed by atoms with van der Waals surface area (Å²) in [6, 6.07) is 7.87. The van der Waals surface area contributed by atoms with Crippen LogP contribution in [0.1, 0.15) is 10.4 Å². The van der Waals surface area contributed by atoms with Gasteiger partial charge in [0.15, 0.2) is 0 Å². The van der Waals surface area contributed by atoms with Crippen molar-refractivity contribution < 1.29 is 22.1 Å². The van der Waals surface area contributed by atoms with Crippen LogP contribution in [-0.2, 0) is 19.2 Å². The summed E-state index contributed by atoms with van der Waals surface area (Å²) in [6.07, 6.45) is 0. The number of carbonyl (C=O) groups is 1. The number of carbonyl (C=O) groups excluding carboxylic acids is 1. The summed E-state index contributed by atoms with van der Waals surface area (Å²) in [5.74, 6) is -0.921. The Bertz CT molecular complexity index is 457. The van der Waals surface area contributed by atoms with Gasteiger partial charge < -0.3 is 8.92 Å². The maximum absolute atomic E-state index is 11.4. The first-order valence-electron chi connectivity index (χ1n) is 4.82. The molecule has 94 valence electrons. The third kappa shape index (κ3) is 4.94. The van der Waals surface area contributed by atoms with Gasteiger partial charge in [0.2, 0.25) is 0 Å². The average Bonchev–Trinajstić information content (AvgIpc) is 2.30. The van der Waals surface area contributed by atoms with Crippen LogP contribution in [0.4, 0.5) is 0 Å². The van der Waals surface area contributed by atoms with Gasteiger partial charge in [0.05, 0.1) is 12.2 Å². The Morgan fingerprint density at radius 3 is 2.53 bits per heavy atom. The maximum Gasteiger partial charge on any atom is 0.385 e. The Morgan fingerprint density at radius 2 is 1.94 bits per heavy atom. The number of hydrogen-bond donors (Lipinski definition) is 1. The zero-order chi connectivity index (χ0) is 12.7. The number of ether oxygens (including phenoxy) is 1. The molecule has 0 unspecified atom stereocenters. The Hall–Kier alpha value is -1.44. The second-order valence-corrected chi connectivity index (χ2v) is 4.44. The minimum Gasteiger partial charge on any atom is -0.383 e. The Kier molecular flexibility index (Phi) is 5.08. The van der Waals surface area contributed by atoms with E-state index < -0.39 is 16.3 Å². The monoisotopic (exact) mass is 259 g/mol. The summed E-state index contributed by atoms with van der Waals surface area (Å²) in [5.41, 5.74) is 0.171. The first-order chi connectivity index (χ1) is 8.05. The van der Waals surface area contributed by atoms with E-state index in [1.54, 1.807) is 18.2 Å². The second-order valence-electron chi connectivity index (χ2n) is 3.08. The molecule has 0 bridgehead atoms. The molecule has 0 atom stereocenters. The number of hydrogen-bond acceptors (Lipinski definition) is 5. The van der Waals surface area contributed by atoms with E-state index in [0.717, 1.165) is 0 Å². The normalized spacial score (nSPS) is 11.1. The molecule has 0 radical (unpaired) electrons. The third-order valence-corrected chi connectivity index (χ3v) is 2.71. The van der Waals surface area contributed by atoms with Crippen molar-refractivity contribution in [2.45, 2.75) is 0 Å². The average molecular weight is 259 g/mol. The van der Waals surface area contributed by atoms with E-state index in [4.69, 9.17) is 0 Å². The van der Waals surface area contributed by atoms with E-state index in [1.807, 2.05) is 0 Å². The number of rotatable bonds is 6. The minimum atomic E-state index is -4.08. The standard InChI is InChI=1S/C10H13NO5S/c1-15-8-7-11-17(13,14)16-10(12)9-5-3-2-4-6-9/h2-6,11H,7-8H2,1H3. The van der Waals surface area contributed by atoms with Gasteiger partial charge >= 0.3 is 16.3 Å². The first kappa shape index (κ1) is 13.6. The molecule has 0 saturated carbocycles. The van der Waals surface area contributed by atoms with Crippen molar-refractivity contribution in [1.29, 1.82) is 0 Å². The Morgan fingerprint density at radius 1 is 1.29 bits per heavy atom. The van der Waals surface area contributed by atoms with Crippen molar-refractivity contribution in [3.05, 3.63) is 35.9 Å². The Labute approximate surface area is 99.8 Å². The highest BCUT2D eigenvalue weighted by molar-refractivity contribution is 7.85. The fourth-order valence-corrected chi connectivity index (χ4v) is 1.71. The molecule has 6 nitrogen and oxygen atoms in total. The third-order valence-electron chi connectivity index (χ3n) is 1.78. The lowest BCUT2D eigenvalue weighted by Crippen LogP contribution is -2.30. The van der Waals surface area contributed by atoms with E-state index in [-0.39, 0.29) is 18.7 Å². The van der Waals surface area contributed by atoms with E-state index in [9.17, 15) is 13.2 Å². The molecule has 1 N–H and O–H groups in total. The fourth-order valence-electron chi connectivity index (χ4n) is 1.02. The van der Waals surface area contributed by atoms with Gasteiger partial charge in [0.1, 0.15) is 0 Å². The SMILES string of the molecule is COCCNS(=O)(=O)OC(=O)c1ccccc1. The van der Waals surface area contributed by atoms with Crippen molar-refractivity contribution in [3.63, 3.8) is 0 Å². The van der Waals surface area contributed by atoms with Gasteiger partial charge in [-0.1, -0.05) is 18.2 Å². The number of methoxy groups -OCH3 is 1. The van der Waals surface area contributed by atoms with Crippen molar-refractivity contribution in [2.24, 2.45) is 0 Å². The van der Waals surface area contributed by atoms with Crippen LogP contribution in [0.3, 0.4) is 0 Å². The van der Waals surface area contributed by atoms with Crippen LogP contribution in [0.2, 0.25) is 0 Å². The molecule has 0 aliphatic rings. The lowest BCUT2D eigenvalue weighted by molar-refractivity contribution is 0.0743. The Balaban J connectivity index is 2.56. The van der Waals surface area contributed by atoms with Crippen LogP contribution in [-0.4, -0.2) is 34.6 Å². The van der Waals surface area contributed by atoms with Crippen molar-refractivity contribution in [2.75, 3.05) is 20.3 Å². The number of nitrogens with one attached hydrogen (secondary N) is 1. The topological polar surface area (TPSA) is 81.7 Å². The highest BCUT2D eigenvalue weighted by Gasteiger charge is 2.17. The van der Waals surface area contributed by atoms with Crippen molar-refractivity contribution >= 4 is 16.3 Å². The minimum absolute atomic E-state index is 0.0426. The van der Waals surface area contributed by atoms with Crippen LogP contribution in [0.15, 0.2) is 30.3 Å². The van der Waals surface area contributed by atoms with Gasteiger partial charge in [0, 0.05) is 13.7 Å². The molecule has 0 spiro atoms. The molecule has 0 aliphatic carbocycles. The van der Waals surface area contributed by atoms with Gasteiger partial charge in [-0.25, -0.2) is 4.79 Å². The fraction of sp³-hybridized carbons (Fsp3) is 0.300. The van der Waals surface area contributed by atoms with Crippen LogP contribution < -0.4 is 4.72 Å². The molecule has 0 heterocycles. The predicted octanol–water partition coefficient (Wildman–Crippen LogP) is 0.324. The molecule has 7 heteroatoms. The highest BCUT2D eigenvalue weighted by Crippen LogP contribution is 2.03. The van der Waals surface area contributed by atoms with E-state index in [1.165, 1.54) is 19.2 Å². The maximum atomic E-state index is 11.4. The highest BCUT2D eigenvalue weighted by atomic mass is 32.2. The molecule has 0 aromatic heterocycles. The van der Waals surface area contributed by atoms with Gasteiger partial charge in [-0.3, -0.25) is 0 Å². The predicted molar refractivity (Wildman–Crippen MR) is 60.7 cm³/mol. The largest absolute Gasteiger partial charge is 0.385 e. The summed E-state index contributed by atoms with van der Waals surface area (Å²) in [4.78, 5) is 11.4. The van der Waals surface area contributed by atoms with Gasteiger partial charge in [-0.05, 0) is 12.1 Å². The van der Waals surface area contributed by atoms with Crippen LogP contribution >= 0.6 is 0 Å². The van der Waals surface area contributed by atoms with E-state index in [0.29, 0.717) is 0 Å². The van der Waals surface area contributed by atoms with Crippen molar-refractivity contribution in [3.8, 4) is 0 Å². The molecule has 0 amide bonds. The summed E-state index contributed by atoms with van der Waals surface area (Å²) in [5, 5.41) is 0. The first-order valence-corrected chi connectivity index (χ1v) is 6.23. The summed E-state index contributed by atoms with van der Waals surface area (Å²) in [6.45, 7) is 0.239. The van der Waals surface area contributed by atoms with Crippen molar-refractivity contribution in [1.82, 2.24) is 4.72 Å². The zero-order valence-electron chi connectivity index (χ0n) is 9.25. The molecule has 1 aromatic rings. The van der Waals surface area contributed by atoms with Crippen LogP contribution in [0.25, 0.3) is 0 Å². The summed E-state index contributed by atoms with van der Waals surface area (Å²) >= 11 is 0. The lowest BCUT2D eigenvalue weighted by Gasteiger charge is -2.06. The molecular weight excluding hydrogens is 246 g/mol. The quantitative estimate of drug-likeness (QED) is 0.744. The summed E-state index contributed by atoms with van der Waals surface area (Å²) in [7, 11) is -2.65.